The number of hydrogen-bond donors (Lipinski definition) is 0. The van der Waals surface area contributed by atoms with Crippen LogP contribution in [0.5, 0.6) is 0 Å². The summed E-state index contributed by atoms with van der Waals surface area (Å²) in [5.41, 5.74) is 0. The third kappa shape index (κ3) is 7.17. The molecule has 0 radical (unpaired) electrons. The summed E-state index contributed by atoms with van der Waals surface area (Å²) in [6, 6.07) is 0. The molecule has 0 bridgehead atoms. The Morgan fingerprint density at radius 2 is 1.69 bits per heavy atom. The van der Waals surface area contributed by atoms with E-state index in [1.54, 1.807) is 0 Å². The largest absolute Gasteiger partial charge is 0.244 e. The standard InChI is InChI=1S/C14H33PS/c1-6-7-10-14(3)16(4,5)12-13(2)9-8-11-15/h13-14H,6-12,15H2,1-5H3. The van der Waals surface area contributed by atoms with Crippen molar-refractivity contribution < 1.29 is 0 Å². The molecule has 0 rings (SSSR count). The molecule has 2 heteroatoms. The first-order valence-corrected chi connectivity index (χ1v) is 10.3. The Kier molecular flexibility index (Phi) is 9.24. The van der Waals surface area contributed by atoms with E-state index < -0.39 is 0 Å². The van der Waals surface area contributed by atoms with E-state index in [1.807, 2.05) is 0 Å². The molecule has 0 aromatic heterocycles. The smallest absolute Gasteiger partial charge is 0.0145 e. The van der Waals surface area contributed by atoms with Crippen LogP contribution in [-0.2, 0) is 0 Å². The normalized spacial score (nSPS) is 17.1. The zero-order valence-corrected chi connectivity index (χ0v) is 14.1. The first-order chi connectivity index (χ1) is 7.44. The van der Waals surface area contributed by atoms with E-state index in [2.05, 4.69) is 42.5 Å². The summed E-state index contributed by atoms with van der Waals surface area (Å²) in [7, 11) is 2.48. The van der Waals surface area contributed by atoms with Gasteiger partial charge in [0.15, 0.2) is 0 Å². The Hall–Kier alpha value is 0.780. The van der Waals surface area contributed by atoms with Crippen LogP contribution in [-0.4, -0.2) is 29.7 Å². The summed E-state index contributed by atoms with van der Waals surface area (Å²) in [5.74, 6) is 2.40. The Labute approximate surface area is 108 Å². The van der Waals surface area contributed by atoms with Gasteiger partial charge in [0, 0.05) is 0 Å². The molecule has 16 heavy (non-hydrogen) atoms. The molecule has 0 saturated carbocycles. The maximum atomic E-state index is 2.85. The molecule has 100 valence electrons. The van der Waals surface area contributed by atoms with Crippen LogP contribution in [0.2, 0.25) is 0 Å². The lowest BCUT2D eigenvalue weighted by atomic mass is 10.1. The van der Waals surface area contributed by atoms with Crippen molar-refractivity contribution in [2.75, 3.05) is 24.4 Å². The zero-order valence-electron chi connectivity index (χ0n) is 12.1. The average molecular weight is 264 g/mol. The predicted octanol–water partition coefficient (Wildman–Crippen LogP) is 4.92. The van der Waals surface area contributed by atoms with Crippen molar-refractivity contribution in [1.82, 2.24) is 0 Å². The van der Waals surface area contributed by atoms with Crippen molar-refractivity contribution in [2.24, 2.45) is 5.92 Å². The fourth-order valence-electron chi connectivity index (χ4n) is 2.26. The van der Waals surface area contributed by atoms with Gasteiger partial charge in [0.25, 0.3) is 0 Å². The lowest BCUT2D eigenvalue weighted by molar-refractivity contribution is 0.583. The van der Waals surface area contributed by atoms with Crippen molar-refractivity contribution in [3.63, 3.8) is 0 Å². The van der Waals surface area contributed by atoms with Crippen LogP contribution in [0.4, 0.5) is 0 Å². The second-order valence-electron chi connectivity index (χ2n) is 5.78. The van der Waals surface area contributed by atoms with Gasteiger partial charge in [-0.1, -0.05) is 33.6 Å². The summed E-state index contributed by atoms with van der Waals surface area (Å²) >= 11 is 0. The van der Waals surface area contributed by atoms with Gasteiger partial charge in [-0.25, -0.2) is 10.0 Å². The molecule has 0 nitrogen and oxygen atoms in total. The molecular weight excluding hydrogens is 231 g/mol. The second kappa shape index (κ2) is 8.81. The molecule has 0 saturated heterocycles. The Bertz CT molecular complexity index is 168. The summed E-state index contributed by atoms with van der Waals surface area (Å²) < 4.78 is 0. The van der Waals surface area contributed by atoms with Crippen LogP contribution < -0.4 is 0 Å². The van der Waals surface area contributed by atoms with Crippen molar-refractivity contribution >= 4 is 19.3 Å². The van der Waals surface area contributed by atoms with E-state index in [0.29, 0.717) is 0 Å². The minimum Gasteiger partial charge on any atom is -0.244 e. The Morgan fingerprint density at radius 3 is 2.19 bits per heavy atom. The van der Waals surface area contributed by atoms with E-state index >= 15 is 0 Å². The highest BCUT2D eigenvalue weighted by Crippen LogP contribution is 2.49. The third-order valence-corrected chi connectivity index (χ3v) is 7.92. The van der Waals surface area contributed by atoms with Crippen molar-refractivity contribution in [3.05, 3.63) is 0 Å². The van der Waals surface area contributed by atoms with Crippen molar-refractivity contribution in [2.45, 2.75) is 58.1 Å². The maximum Gasteiger partial charge on any atom is -0.0145 e. The summed E-state index contributed by atoms with van der Waals surface area (Å²) in [6.07, 6.45) is 13.4. The molecule has 0 N–H and O–H groups in total. The summed E-state index contributed by atoms with van der Waals surface area (Å²) in [4.78, 5) is 0. The molecule has 0 spiro atoms. The molecule has 0 heterocycles. The zero-order chi connectivity index (χ0) is 12.6. The number of unbranched alkanes of at least 4 members (excludes halogenated alkanes) is 1. The van der Waals surface area contributed by atoms with Crippen molar-refractivity contribution in [1.29, 1.82) is 0 Å². The lowest BCUT2D eigenvalue weighted by Gasteiger charge is -2.40. The van der Waals surface area contributed by atoms with Gasteiger partial charge in [-0.15, -0.1) is 9.24 Å². The monoisotopic (exact) mass is 264 g/mol. The molecule has 0 aliphatic heterocycles. The van der Waals surface area contributed by atoms with Crippen LogP contribution in [0.1, 0.15) is 52.9 Å². The van der Waals surface area contributed by atoms with E-state index in [9.17, 15) is 0 Å². The fraction of sp³-hybridized carbons (Fsp3) is 1.00. The van der Waals surface area contributed by atoms with Crippen LogP contribution in [0.15, 0.2) is 0 Å². The molecule has 0 aliphatic carbocycles. The van der Waals surface area contributed by atoms with E-state index in [0.717, 1.165) is 11.2 Å². The van der Waals surface area contributed by atoms with Gasteiger partial charge in [0.1, 0.15) is 0 Å². The van der Waals surface area contributed by atoms with Gasteiger partial charge in [-0.2, -0.15) is 0 Å². The Balaban J connectivity index is 4.00. The van der Waals surface area contributed by atoms with Gasteiger partial charge >= 0.3 is 0 Å². The van der Waals surface area contributed by atoms with Gasteiger partial charge in [-0.3, -0.25) is 0 Å². The molecule has 3 atom stereocenters. The predicted molar refractivity (Wildman–Crippen MR) is 86.3 cm³/mol. The van der Waals surface area contributed by atoms with Gasteiger partial charge < -0.3 is 0 Å². The molecule has 0 amide bonds. The first-order valence-electron chi connectivity index (χ1n) is 6.84. The number of rotatable bonds is 9. The summed E-state index contributed by atoms with van der Waals surface area (Å²) in [6.45, 7) is 7.23. The molecule has 0 aromatic carbocycles. The van der Waals surface area contributed by atoms with Gasteiger partial charge in [0.05, 0.1) is 0 Å². The van der Waals surface area contributed by atoms with Gasteiger partial charge in [-0.05, 0) is 54.9 Å². The SMILES string of the molecule is CCCCC(C)S(C)(C)CC(C)CCCP. The molecule has 0 fully saturated rings. The number of hydrogen-bond acceptors (Lipinski definition) is 0. The third-order valence-electron chi connectivity index (χ3n) is 3.67. The van der Waals surface area contributed by atoms with Crippen LogP contribution in [0.25, 0.3) is 0 Å². The fourth-order valence-corrected chi connectivity index (χ4v) is 5.26. The average Bonchev–Trinajstić information content (AvgIpc) is 2.22. The lowest BCUT2D eigenvalue weighted by Crippen LogP contribution is -2.20. The van der Waals surface area contributed by atoms with Crippen molar-refractivity contribution in [3.8, 4) is 0 Å². The topological polar surface area (TPSA) is 0 Å². The van der Waals surface area contributed by atoms with Crippen LogP contribution in [0.3, 0.4) is 0 Å². The first kappa shape index (κ1) is 16.8. The maximum absolute atomic E-state index is 2.85. The highest BCUT2D eigenvalue weighted by molar-refractivity contribution is 8.33. The molecule has 0 aromatic rings. The van der Waals surface area contributed by atoms with E-state index in [4.69, 9.17) is 0 Å². The van der Waals surface area contributed by atoms with E-state index in [1.165, 1.54) is 44.0 Å². The molecule has 3 unspecified atom stereocenters. The minimum absolute atomic E-state index is 0.369. The molecular formula is C14H33PS. The minimum atomic E-state index is -0.369. The highest BCUT2D eigenvalue weighted by Gasteiger charge is 2.22. The quantitative estimate of drug-likeness (QED) is 0.518. The second-order valence-corrected chi connectivity index (χ2v) is 10.7. The molecule has 0 aliphatic rings. The van der Waals surface area contributed by atoms with Gasteiger partial charge in [0.2, 0.25) is 0 Å². The van der Waals surface area contributed by atoms with Crippen LogP contribution >= 0.6 is 19.3 Å². The summed E-state index contributed by atoms with van der Waals surface area (Å²) in [5, 5.41) is 0.950. The Morgan fingerprint density at radius 1 is 1.06 bits per heavy atom. The van der Waals surface area contributed by atoms with Crippen LogP contribution in [0, 0.1) is 5.92 Å². The van der Waals surface area contributed by atoms with E-state index in [-0.39, 0.29) is 10.0 Å². The highest BCUT2D eigenvalue weighted by atomic mass is 32.3.